The molecule has 0 saturated heterocycles. The molecule has 1 aliphatic carbocycles. The van der Waals surface area contributed by atoms with Gasteiger partial charge in [-0.05, 0) is 38.6 Å². The second-order valence-corrected chi connectivity index (χ2v) is 5.32. The van der Waals surface area contributed by atoms with Crippen LogP contribution in [0.25, 0.3) is 0 Å². The Morgan fingerprint density at radius 3 is 2.41 bits per heavy atom. The van der Waals surface area contributed by atoms with Gasteiger partial charge in [0.25, 0.3) is 0 Å². The number of rotatable bonds is 5. The highest BCUT2D eigenvalue weighted by Gasteiger charge is 2.20. The fourth-order valence-electron chi connectivity index (χ4n) is 2.24. The highest BCUT2D eigenvalue weighted by molar-refractivity contribution is 5.85. The summed E-state index contributed by atoms with van der Waals surface area (Å²) in [6.45, 7) is 5.12. The Balaban J connectivity index is 0.00000256. The Morgan fingerprint density at radius 1 is 1.29 bits per heavy atom. The van der Waals surface area contributed by atoms with E-state index in [4.69, 9.17) is 0 Å². The van der Waals surface area contributed by atoms with Crippen molar-refractivity contribution in [1.29, 1.82) is 0 Å². The maximum absolute atomic E-state index is 11.7. The van der Waals surface area contributed by atoms with Crippen LogP contribution >= 0.6 is 12.4 Å². The molecule has 3 nitrogen and oxygen atoms in total. The molecule has 2 N–H and O–H groups in total. The molecule has 0 aromatic carbocycles. The van der Waals surface area contributed by atoms with Gasteiger partial charge in [0.2, 0.25) is 5.91 Å². The minimum atomic E-state index is 0. The van der Waals surface area contributed by atoms with Gasteiger partial charge < -0.3 is 10.6 Å². The summed E-state index contributed by atoms with van der Waals surface area (Å²) in [5.74, 6) is 1.71. The molecule has 0 spiro atoms. The van der Waals surface area contributed by atoms with Crippen LogP contribution in [0.1, 0.15) is 46.0 Å². The third-order valence-corrected chi connectivity index (χ3v) is 3.71. The first kappa shape index (κ1) is 16.7. The average molecular weight is 263 g/mol. The van der Waals surface area contributed by atoms with Crippen molar-refractivity contribution in [3.8, 4) is 0 Å². The van der Waals surface area contributed by atoms with Gasteiger partial charge in [-0.1, -0.05) is 19.8 Å². The first-order chi connectivity index (χ1) is 7.61. The van der Waals surface area contributed by atoms with Gasteiger partial charge in [0.1, 0.15) is 0 Å². The van der Waals surface area contributed by atoms with Gasteiger partial charge in [-0.15, -0.1) is 12.4 Å². The monoisotopic (exact) mass is 262 g/mol. The van der Waals surface area contributed by atoms with Crippen molar-refractivity contribution in [2.45, 2.75) is 52.0 Å². The van der Waals surface area contributed by atoms with Crippen molar-refractivity contribution < 1.29 is 4.79 Å². The Morgan fingerprint density at radius 2 is 1.88 bits per heavy atom. The molecule has 0 radical (unpaired) electrons. The molecule has 1 amide bonds. The lowest BCUT2D eigenvalue weighted by atomic mass is 9.81. The van der Waals surface area contributed by atoms with Crippen LogP contribution in [0.3, 0.4) is 0 Å². The van der Waals surface area contributed by atoms with Gasteiger partial charge in [-0.2, -0.15) is 0 Å². The molecule has 1 fully saturated rings. The molecule has 0 aromatic rings. The van der Waals surface area contributed by atoms with Gasteiger partial charge in [0, 0.05) is 19.0 Å². The van der Waals surface area contributed by atoms with E-state index in [2.05, 4.69) is 24.5 Å². The summed E-state index contributed by atoms with van der Waals surface area (Å²) < 4.78 is 0. The number of nitrogens with one attached hydrogen (secondary N) is 2. The van der Waals surface area contributed by atoms with Crippen LogP contribution in [-0.2, 0) is 4.79 Å². The number of hydrogen-bond acceptors (Lipinski definition) is 2. The zero-order chi connectivity index (χ0) is 12.0. The number of carbonyl (C=O) groups is 1. The quantitative estimate of drug-likeness (QED) is 0.799. The molecule has 0 bridgehead atoms. The molecule has 1 aliphatic rings. The summed E-state index contributed by atoms with van der Waals surface area (Å²) in [4.78, 5) is 11.7. The highest BCUT2D eigenvalue weighted by atomic mass is 35.5. The van der Waals surface area contributed by atoms with Crippen molar-refractivity contribution in [1.82, 2.24) is 10.6 Å². The summed E-state index contributed by atoms with van der Waals surface area (Å²) in [6, 6.07) is 0.357. The standard InChI is InChI=1S/C13H26N2O.ClH/c1-10-4-6-12(7-5-10)8-13(16)15-9-11(2)14-3;/h10-12,14H,4-9H2,1-3H3,(H,15,16);1H. The molecular weight excluding hydrogens is 236 g/mol. The highest BCUT2D eigenvalue weighted by Crippen LogP contribution is 2.30. The Hall–Kier alpha value is -0.280. The van der Waals surface area contributed by atoms with Crippen LogP contribution in [0.4, 0.5) is 0 Å². The smallest absolute Gasteiger partial charge is 0.220 e. The van der Waals surface area contributed by atoms with Gasteiger partial charge in [0.05, 0.1) is 0 Å². The van der Waals surface area contributed by atoms with Gasteiger partial charge >= 0.3 is 0 Å². The second kappa shape index (κ2) is 8.76. The third-order valence-electron chi connectivity index (χ3n) is 3.71. The van der Waals surface area contributed by atoms with E-state index in [0.29, 0.717) is 12.0 Å². The van der Waals surface area contributed by atoms with Gasteiger partial charge in [0.15, 0.2) is 0 Å². The van der Waals surface area contributed by atoms with Crippen molar-refractivity contribution in [3.05, 3.63) is 0 Å². The molecule has 1 unspecified atom stereocenters. The number of likely N-dealkylation sites (N-methyl/N-ethyl adjacent to an activating group) is 1. The summed E-state index contributed by atoms with van der Waals surface area (Å²) >= 11 is 0. The molecular formula is C13H27ClN2O. The number of carbonyl (C=O) groups excluding carboxylic acids is 1. The van der Waals surface area contributed by atoms with E-state index in [1.807, 2.05) is 7.05 Å². The molecule has 0 aromatic heterocycles. The predicted molar refractivity (Wildman–Crippen MR) is 74.5 cm³/mol. The molecule has 17 heavy (non-hydrogen) atoms. The first-order valence-corrected chi connectivity index (χ1v) is 6.55. The van der Waals surface area contributed by atoms with Crippen molar-refractivity contribution in [2.24, 2.45) is 11.8 Å². The maximum atomic E-state index is 11.7. The largest absolute Gasteiger partial charge is 0.355 e. The summed E-state index contributed by atoms with van der Waals surface area (Å²) in [5, 5.41) is 6.11. The predicted octanol–water partition coefficient (Wildman–Crippen LogP) is 2.35. The van der Waals surface area contributed by atoms with Crippen molar-refractivity contribution in [2.75, 3.05) is 13.6 Å². The SMILES string of the molecule is CNC(C)CNC(=O)CC1CCC(C)CC1.Cl. The van der Waals surface area contributed by atoms with Gasteiger partial charge in [-0.3, -0.25) is 4.79 Å². The molecule has 0 aliphatic heterocycles. The maximum Gasteiger partial charge on any atom is 0.220 e. The molecule has 4 heteroatoms. The van der Waals surface area contributed by atoms with Crippen molar-refractivity contribution in [3.63, 3.8) is 0 Å². The minimum absolute atomic E-state index is 0. The third kappa shape index (κ3) is 6.89. The van der Waals surface area contributed by atoms with E-state index < -0.39 is 0 Å². The number of hydrogen-bond donors (Lipinski definition) is 2. The van der Waals surface area contributed by atoms with Crippen molar-refractivity contribution >= 4 is 18.3 Å². The summed E-state index contributed by atoms with van der Waals surface area (Å²) in [5.41, 5.74) is 0. The number of halogens is 1. The molecule has 1 rings (SSSR count). The van der Waals surface area contributed by atoms with Crippen LogP contribution in [0.5, 0.6) is 0 Å². The Kier molecular flexibility index (Phi) is 8.61. The van der Waals surface area contributed by atoms with E-state index in [9.17, 15) is 4.79 Å². The number of amides is 1. The van der Waals surface area contributed by atoms with E-state index >= 15 is 0 Å². The van der Waals surface area contributed by atoms with E-state index in [1.165, 1.54) is 25.7 Å². The lowest BCUT2D eigenvalue weighted by Crippen LogP contribution is -2.37. The molecule has 1 saturated carbocycles. The summed E-state index contributed by atoms with van der Waals surface area (Å²) in [6.07, 6.45) is 5.78. The fourth-order valence-corrected chi connectivity index (χ4v) is 2.24. The fraction of sp³-hybridized carbons (Fsp3) is 0.923. The summed E-state index contributed by atoms with van der Waals surface area (Å²) in [7, 11) is 1.92. The van der Waals surface area contributed by atoms with E-state index in [-0.39, 0.29) is 18.3 Å². The zero-order valence-electron chi connectivity index (χ0n) is 11.3. The molecule has 102 valence electrons. The lowest BCUT2D eigenvalue weighted by Gasteiger charge is -2.25. The van der Waals surface area contributed by atoms with E-state index in [0.717, 1.165) is 18.9 Å². The molecule has 1 atom stereocenters. The lowest BCUT2D eigenvalue weighted by molar-refractivity contribution is -0.122. The van der Waals surface area contributed by atoms with Crippen LogP contribution in [0, 0.1) is 11.8 Å². The first-order valence-electron chi connectivity index (χ1n) is 6.55. The van der Waals surface area contributed by atoms with Gasteiger partial charge in [-0.25, -0.2) is 0 Å². The Bertz CT molecular complexity index is 215. The minimum Gasteiger partial charge on any atom is -0.355 e. The van der Waals surface area contributed by atoms with E-state index in [1.54, 1.807) is 0 Å². The molecule has 0 heterocycles. The van der Waals surface area contributed by atoms with Crippen LogP contribution in [0.2, 0.25) is 0 Å². The van der Waals surface area contributed by atoms with Crippen LogP contribution in [0.15, 0.2) is 0 Å². The second-order valence-electron chi connectivity index (χ2n) is 5.32. The average Bonchev–Trinajstić information content (AvgIpc) is 2.29. The van der Waals surface area contributed by atoms with Crippen LogP contribution in [-0.4, -0.2) is 25.5 Å². The zero-order valence-corrected chi connectivity index (χ0v) is 12.1. The topological polar surface area (TPSA) is 41.1 Å². The van der Waals surface area contributed by atoms with Crippen LogP contribution < -0.4 is 10.6 Å². The normalized spacial score (nSPS) is 25.8. The Labute approximate surface area is 112 Å².